The summed E-state index contributed by atoms with van der Waals surface area (Å²) in [4.78, 5) is 0. The molecule has 19 heavy (non-hydrogen) atoms. The number of hydrogen-bond donors (Lipinski definition) is 1. The van der Waals surface area contributed by atoms with Crippen molar-refractivity contribution in [1.29, 1.82) is 0 Å². The average molecular weight is 259 g/mol. The Kier molecular flexibility index (Phi) is 4.53. The molecular weight excluding hydrogens is 241 g/mol. The van der Waals surface area contributed by atoms with Crippen molar-refractivity contribution in [2.24, 2.45) is 0 Å². The monoisotopic (exact) mass is 259 g/mol. The van der Waals surface area contributed by atoms with Crippen molar-refractivity contribution in [3.05, 3.63) is 53.8 Å². The summed E-state index contributed by atoms with van der Waals surface area (Å²) in [5, 5.41) is 3.24. The highest BCUT2D eigenvalue weighted by molar-refractivity contribution is 5.66. The highest BCUT2D eigenvalue weighted by Gasteiger charge is 2.07. The van der Waals surface area contributed by atoms with Crippen molar-refractivity contribution < 1.29 is 9.13 Å². The highest BCUT2D eigenvalue weighted by atomic mass is 19.1. The molecule has 1 N–H and O–H groups in total. The minimum Gasteiger partial charge on any atom is -0.497 e. The number of methoxy groups -OCH3 is 1. The zero-order valence-corrected chi connectivity index (χ0v) is 11.2. The Morgan fingerprint density at radius 1 is 1.16 bits per heavy atom. The Bertz CT molecular complexity index is 554. The topological polar surface area (TPSA) is 21.3 Å². The van der Waals surface area contributed by atoms with Crippen molar-refractivity contribution in [1.82, 2.24) is 5.32 Å². The van der Waals surface area contributed by atoms with Crippen LogP contribution in [-0.2, 0) is 6.54 Å². The number of benzene rings is 2. The molecule has 0 aromatic heterocycles. The van der Waals surface area contributed by atoms with Gasteiger partial charge in [0.05, 0.1) is 7.11 Å². The SMILES string of the molecule is CCNCc1ccc(F)c(-c2cccc(OC)c2)c1. The number of nitrogens with one attached hydrogen (secondary N) is 1. The maximum Gasteiger partial charge on any atom is 0.131 e. The molecule has 0 radical (unpaired) electrons. The van der Waals surface area contributed by atoms with Crippen LogP contribution in [0.4, 0.5) is 4.39 Å². The third kappa shape index (κ3) is 3.32. The van der Waals surface area contributed by atoms with Crippen molar-refractivity contribution in [3.63, 3.8) is 0 Å². The van der Waals surface area contributed by atoms with Gasteiger partial charge in [0.1, 0.15) is 11.6 Å². The predicted molar refractivity (Wildman–Crippen MR) is 75.8 cm³/mol. The highest BCUT2D eigenvalue weighted by Crippen LogP contribution is 2.27. The Morgan fingerprint density at radius 2 is 2.00 bits per heavy atom. The van der Waals surface area contributed by atoms with Crippen LogP contribution in [0.5, 0.6) is 5.75 Å². The summed E-state index contributed by atoms with van der Waals surface area (Å²) < 4.78 is 19.1. The first-order valence-corrected chi connectivity index (χ1v) is 6.38. The van der Waals surface area contributed by atoms with E-state index in [2.05, 4.69) is 5.32 Å². The van der Waals surface area contributed by atoms with Crippen LogP contribution in [0.2, 0.25) is 0 Å². The maximum atomic E-state index is 14.0. The lowest BCUT2D eigenvalue weighted by Gasteiger charge is -2.09. The Balaban J connectivity index is 2.36. The molecule has 0 aliphatic carbocycles. The van der Waals surface area contributed by atoms with E-state index in [1.54, 1.807) is 7.11 Å². The van der Waals surface area contributed by atoms with Crippen LogP contribution in [-0.4, -0.2) is 13.7 Å². The minimum absolute atomic E-state index is 0.214. The molecule has 0 aliphatic heterocycles. The van der Waals surface area contributed by atoms with E-state index in [0.29, 0.717) is 5.56 Å². The van der Waals surface area contributed by atoms with Gasteiger partial charge in [0, 0.05) is 12.1 Å². The molecular formula is C16H18FNO. The molecule has 0 aliphatic rings. The summed E-state index contributed by atoms with van der Waals surface area (Å²) in [6.45, 7) is 3.69. The summed E-state index contributed by atoms with van der Waals surface area (Å²) >= 11 is 0. The van der Waals surface area contributed by atoms with Gasteiger partial charge >= 0.3 is 0 Å². The second-order valence-corrected chi connectivity index (χ2v) is 4.33. The fourth-order valence-electron chi connectivity index (χ4n) is 1.96. The number of halogens is 1. The number of ether oxygens (including phenoxy) is 1. The fraction of sp³-hybridized carbons (Fsp3) is 0.250. The lowest BCUT2D eigenvalue weighted by Crippen LogP contribution is -2.11. The predicted octanol–water partition coefficient (Wildman–Crippen LogP) is 3.61. The van der Waals surface area contributed by atoms with E-state index in [1.807, 2.05) is 43.3 Å². The fourth-order valence-corrected chi connectivity index (χ4v) is 1.96. The van der Waals surface area contributed by atoms with Crippen LogP contribution in [0, 0.1) is 5.82 Å². The molecule has 2 aromatic rings. The first-order valence-electron chi connectivity index (χ1n) is 6.38. The van der Waals surface area contributed by atoms with E-state index in [1.165, 1.54) is 6.07 Å². The molecule has 0 spiro atoms. The second kappa shape index (κ2) is 6.34. The van der Waals surface area contributed by atoms with Gasteiger partial charge < -0.3 is 10.1 Å². The van der Waals surface area contributed by atoms with Gasteiger partial charge in [0.25, 0.3) is 0 Å². The molecule has 0 amide bonds. The molecule has 0 bridgehead atoms. The van der Waals surface area contributed by atoms with Gasteiger partial charge in [-0.1, -0.05) is 25.1 Å². The van der Waals surface area contributed by atoms with Crippen LogP contribution < -0.4 is 10.1 Å². The van der Waals surface area contributed by atoms with Crippen molar-refractivity contribution in [2.45, 2.75) is 13.5 Å². The third-order valence-electron chi connectivity index (χ3n) is 2.99. The van der Waals surface area contributed by atoms with Gasteiger partial charge in [0.15, 0.2) is 0 Å². The summed E-state index contributed by atoms with van der Waals surface area (Å²) in [6, 6.07) is 12.7. The minimum atomic E-state index is -0.214. The first kappa shape index (κ1) is 13.6. The van der Waals surface area contributed by atoms with Gasteiger partial charge in [-0.3, -0.25) is 0 Å². The summed E-state index contributed by atoms with van der Waals surface area (Å²) in [5.74, 6) is 0.516. The maximum absolute atomic E-state index is 14.0. The van der Waals surface area contributed by atoms with E-state index >= 15 is 0 Å². The van der Waals surface area contributed by atoms with E-state index in [4.69, 9.17) is 4.74 Å². The molecule has 2 rings (SSSR count). The molecule has 0 unspecified atom stereocenters. The van der Waals surface area contributed by atoms with Gasteiger partial charge in [-0.25, -0.2) is 4.39 Å². The Hall–Kier alpha value is -1.87. The van der Waals surface area contributed by atoms with E-state index < -0.39 is 0 Å². The molecule has 0 heterocycles. The number of rotatable bonds is 5. The first-order chi connectivity index (χ1) is 9.24. The molecule has 100 valence electrons. The second-order valence-electron chi connectivity index (χ2n) is 4.33. The van der Waals surface area contributed by atoms with Crippen LogP contribution in [0.3, 0.4) is 0 Å². The van der Waals surface area contributed by atoms with Gasteiger partial charge in [-0.05, 0) is 41.9 Å². The molecule has 0 fully saturated rings. The normalized spacial score (nSPS) is 10.5. The summed E-state index contributed by atoms with van der Waals surface area (Å²) in [6.07, 6.45) is 0. The largest absolute Gasteiger partial charge is 0.497 e. The van der Waals surface area contributed by atoms with E-state index in [0.717, 1.165) is 30.0 Å². The van der Waals surface area contributed by atoms with Gasteiger partial charge in [-0.15, -0.1) is 0 Å². The van der Waals surface area contributed by atoms with E-state index in [9.17, 15) is 4.39 Å². The quantitative estimate of drug-likeness (QED) is 0.885. The molecule has 0 saturated carbocycles. The zero-order valence-electron chi connectivity index (χ0n) is 11.2. The standard InChI is InChI=1S/C16H18FNO/c1-3-18-11-12-7-8-16(17)15(9-12)13-5-4-6-14(10-13)19-2/h4-10,18H,3,11H2,1-2H3. The molecule has 0 saturated heterocycles. The third-order valence-corrected chi connectivity index (χ3v) is 2.99. The molecule has 2 nitrogen and oxygen atoms in total. The van der Waals surface area contributed by atoms with Crippen molar-refractivity contribution in [2.75, 3.05) is 13.7 Å². The van der Waals surface area contributed by atoms with Crippen molar-refractivity contribution >= 4 is 0 Å². The van der Waals surface area contributed by atoms with Gasteiger partial charge in [0.2, 0.25) is 0 Å². The smallest absolute Gasteiger partial charge is 0.131 e. The van der Waals surface area contributed by atoms with Crippen molar-refractivity contribution in [3.8, 4) is 16.9 Å². The zero-order chi connectivity index (χ0) is 13.7. The van der Waals surface area contributed by atoms with Crippen LogP contribution in [0.1, 0.15) is 12.5 Å². The lowest BCUT2D eigenvalue weighted by molar-refractivity contribution is 0.415. The Morgan fingerprint density at radius 3 is 2.74 bits per heavy atom. The summed E-state index contributed by atoms with van der Waals surface area (Å²) in [5.41, 5.74) is 2.51. The lowest BCUT2D eigenvalue weighted by atomic mass is 10.0. The van der Waals surface area contributed by atoms with E-state index in [-0.39, 0.29) is 5.82 Å². The number of hydrogen-bond acceptors (Lipinski definition) is 2. The summed E-state index contributed by atoms with van der Waals surface area (Å²) in [7, 11) is 1.61. The van der Waals surface area contributed by atoms with Gasteiger partial charge in [-0.2, -0.15) is 0 Å². The Labute approximate surface area is 113 Å². The van der Waals surface area contributed by atoms with Crippen LogP contribution >= 0.6 is 0 Å². The van der Waals surface area contributed by atoms with Crippen LogP contribution in [0.25, 0.3) is 11.1 Å². The molecule has 3 heteroatoms. The molecule has 0 atom stereocenters. The van der Waals surface area contributed by atoms with Crippen LogP contribution in [0.15, 0.2) is 42.5 Å². The molecule has 2 aromatic carbocycles. The average Bonchev–Trinajstić information content (AvgIpc) is 2.46.